The van der Waals surface area contributed by atoms with Gasteiger partial charge in [0.15, 0.2) is 0 Å². The molecule has 0 N–H and O–H groups in total. The highest BCUT2D eigenvalue weighted by Gasteiger charge is 2.81. The summed E-state index contributed by atoms with van der Waals surface area (Å²) < 4.78 is 6.17. The third kappa shape index (κ3) is 1.36. The quantitative estimate of drug-likeness (QED) is 0.615. The highest BCUT2D eigenvalue weighted by Crippen LogP contribution is 2.74. The van der Waals surface area contributed by atoms with Gasteiger partial charge in [0.2, 0.25) is 5.54 Å². The number of hydrogen-bond donors (Lipinski definition) is 0. The van der Waals surface area contributed by atoms with Crippen molar-refractivity contribution in [1.29, 1.82) is 0 Å². The van der Waals surface area contributed by atoms with Gasteiger partial charge in [0.05, 0.1) is 10.9 Å². The van der Waals surface area contributed by atoms with Gasteiger partial charge < -0.3 is 4.74 Å². The minimum atomic E-state index is -0.685. The van der Waals surface area contributed by atoms with E-state index in [0.717, 1.165) is 37.7 Å². The van der Waals surface area contributed by atoms with E-state index >= 15 is 0 Å². The molecule has 0 unspecified atom stereocenters. The summed E-state index contributed by atoms with van der Waals surface area (Å²) in [6, 6.07) is 10.2. The van der Waals surface area contributed by atoms with Crippen LogP contribution in [-0.4, -0.2) is 21.3 Å². The van der Waals surface area contributed by atoms with Crippen molar-refractivity contribution in [3.8, 4) is 0 Å². The van der Waals surface area contributed by atoms with E-state index in [4.69, 9.17) is 4.74 Å². The van der Waals surface area contributed by atoms with E-state index in [1.165, 1.54) is 0 Å². The zero-order chi connectivity index (χ0) is 14.9. The summed E-state index contributed by atoms with van der Waals surface area (Å²) in [5.41, 5.74) is 0.425. The maximum atomic E-state index is 12.1. The van der Waals surface area contributed by atoms with E-state index in [1.54, 1.807) is 11.8 Å². The van der Waals surface area contributed by atoms with Gasteiger partial charge in [0.1, 0.15) is 5.44 Å². The number of nitrogens with zero attached hydrogens (tertiary/aromatic N) is 1. The average molecular weight is 317 g/mol. The van der Waals surface area contributed by atoms with Crippen LogP contribution in [0.15, 0.2) is 30.3 Å². The van der Waals surface area contributed by atoms with Crippen molar-refractivity contribution < 1.29 is 9.66 Å². The Bertz CT molecular complexity index is 638. The molecule has 4 nitrogen and oxygen atoms in total. The molecule has 5 heteroatoms. The van der Waals surface area contributed by atoms with Gasteiger partial charge in [-0.3, -0.25) is 10.1 Å². The monoisotopic (exact) mass is 317 g/mol. The Labute approximate surface area is 133 Å². The van der Waals surface area contributed by atoms with Gasteiger partial charge in [-0.2, -0.15) is 0 Å². The maximum absolute atomic E-state index is 12.1. The highest BCUT2D eigenvalue weighted by molar-refractivity contribution is 8.00. The van der Waals surface area contributed by atoms with Crippen molar-refractivity contribution in [3.63, 3.8) is 0 Å². The zero-order valence-corrected chi connectivity index (χ0v) is 13.1. The Morgan fingerprint density at radius 3 is 2.82 bits per heavy atom. The van der Waals surface area contributed by atoms with E-state index in [9.17, 15) is 10.1 Å². The van der Waals surface area contributed by atoms with Crippen LogP contribution in [0.3, 0.4) is 0 Å². The molecule has 5 rings (SSSR count). The second-order valence-electron chi connectivity index (χ2n) is 7.23. The molecule has 1 heterocycles. The van der Waals surface area contributed by atoms with E-state index in [1.807, 2.05) is 18.2 Å². The molecular formula is C17H19NO3S. The summed E-state index contributed by atoms with van der Waals surface area (Å²) in [5, 5.41) is 12.1. The largest absolute Gasteiger partial charge is 0.359 e. The van der Waals surface area contributed by atoms with Crippen LogP contribution in [0.2, 0.25) is 0 Å². The molecule has 0 radical (unpaired) electrons. The van der Waals surface area contributed by atoms with Crippen molar-refractivity contribution >= 4 is 11.8 Å². The normalized spacial score (nSPS) is 48.4. The summed E-state index contributed by atoms with van der Waals surface area (Å²) in [4.78, 5) is 12.2. The van der Waals surface area contributed by atoms with Crippen LogP contribution in [0.25, 0.3) is 0 Å². The molecule has 4 fully saturated rings. The fourth-order valence-corrected chi connectivity index (χ4v) is 8.02. The second-order valence-corrected chi connectivity index (χ2v) is 8.63. The van der Waals surface area contributed by atoms with Gasteiger partial charge >= 0.3 is 0 Å². The Balaban J connectivity index is 1.60. The van der Waals surface area contributed by atoms with E-state index in [-0.39, 0.29) is 27.1 Å². The molecule has 3 saturated carbocycles. The maximum Gasteiger partial charge on any atom is 0.239 e. The molecule has 4 aliphatic rings. The van der Waals surface area contributed by atoms with Crippen LogP contribution < -0.4 is 0 Å². The van der Waals surface area contributed by atoms with Crippen molar-refractivity contribution in [1.82, 2.24) is 0 Å². The number of fused-ring (bicyclic) bond motifs is 2. The summed E-state index contributed by atoms with van der Waals surface area (Å²) in [7, 11) is 0. The van der Waals surface area contributed by atoms with Gasteiger partial charge in [0, 0.05) is 23.2 Å². The van der Waals surface area contributed by atoms with Crippen LogP contribution in [0.5, 0.6) is 0 Å². The minimum absolute atomic E-state index is 0.0427. The first-order chi connectivity index (χ1) is 10.7. The molecule has 6 atom stereocenters. The van der Waals surface area contributed by atoms with Crippen LogP contribution >= 0.6 is 11.8 Å². The van der Waals surface area contributed by atoms with E-state index in [2.05, 4.69) is 12.1 Å². The SMILES string of the molecule is O=[N+]([O-])[C@@]12CCC[C@]13S[C@@H](c1ccccc1)O[C@@H]1C[C@H]2C[C@@H]13. The predicted octanol–water partition coefficient (Wildman–Crippen LogP) is 3.80. The first-order valence-corrected chi connectivity index (χ1v) is 9.08. The molecule has 1 aromatic carbocycles. The predicted molar refractivity (Wildman–Crippen MR) is 84.2 cm³/mol. The van der Waals surface area contributed by atoms with Crippen LogP contribution in [0.4, 0.5) is 0 Å². The van der Waals surface area contributed by atoms with Gasteiger partial charge in [-0.1, -0.05) is 30.3 Å². The zero-order valence-electron chi connectivity index (χ0n) is 12.3. The molecule has 116 valence electrons. The fraction of sp³-hybridized carbons (Fsp3) is 0.647. The Kier molecular flexibility index (Phi) is 2.59. The standard InChI is InChI=1S/C17H19NO3S/c19-18(20)16-7-4-8-17(16)13-9-12(16)10-14(13)21-15(22-17)11-5-2-1-3-6-11/h1-3,5-6,12-15H,4,7-10H2/t12-,13+,14-,15+,16-,17-/m1/s1. The number of ether oxygens (including phenoxy) is 1. The number of nitro groups is 1. The second kappa shape index (κ2) is 4.26. The molecule has 0 amide bonds. The Morgan fingerprint density at radius 1 is 1.23 bits per heavy atom. The van der Waals surface area contributed by atoms with Crippen molar-refractivity contribution in [2.24, 2.45) is 11.8 Å². The lowest BCUT2D eigenvalue weighted by Crippen LogP contribution is -2.62. The molecule has 1 aromatic rings. The first-order valence-electron chi connectivity index (χ1n) is 8.20. The average Bonchev–Trinajstić information content (AvgIpc) is 3.16. The summed E-state index contributed by atoms with van der Waals surface area (Å²) in [5.74, 6) is 0.611. The molecule has 22 heavy (non-hydrogen) atoms. The number of hydrogen-bond acceptors (Lipinski definition) is 4. The van der Waals surface area contributed by atoms with Crippen molar-refractivity contribution in [3.05, 3.63) is 46.0 Å². The fourth-order valence-electron chi connectivity index (χ4n) is 5.91. The lowest BCUT2D eigenvalue weighted by molar-refractivity contribution is -0.583. The summed E-state index contributed by atoms with van der Waals surface area (Å²) in [6.07, 6.45) is 4.86. The molecule has 2 bridgehead atoms. The van der Waals surface area contributed by atoms with Gasteiger partial charge in [-0.15, -0.1) is 11.8 Å². The van der Waals surface area contributed by atoms with Crippen molar-refractivity contribution in [2.45, 2.75) is 53.9 Å². The number of benzene rings is 1. The molecular weight excluding hydrogens is 298 g/mol. The van der Waals surface area contributed by atoms with E-state index < -0.39 is 5.54 Å². The lowest BCUT2D eigenvalue weighted by Gasteiger charge is -2.50. The highest BCUT2D eigenvalue weighted by atomic mass is 32.2. The molecule has 1 spiro atoms. The van der Waals surface area contributed by atoms with Crippen LogP contribution in [0.1, 0.15) is 43.1 Å². The van der Waals surface area contributed by atoms with Crippen LogP contribution in [-0.2, 0) is 4.74 Å². The number of thioether (sulfide) groups is 1. The summed E-state index contributed by atoms with van der Waals surface area (Å²) >= 11 is 1.77. The number of rotatable bonds is 2. The van der Waals surface area contributed by atoms with Gasteiger partial charge in [-0.25, -0.2) is 0 Å². The third-order valence-corrected chi connectivity index (χ3v) is 8.51. The summed E-state index contributed by atoms with van der Waals surface area (Å²) in [6.45, 7) is 0. The first kappa shape index (κ1) is 13.4. The Morgan fingerprint density at radius 2 is 2.05 bits per heavy atom. The van der Waals surface area contributed by atoms with Gasteiger partial charge in [0.25, 0.3) is 0 Å². The molecule has 1 saturated heterocycles. The van der Waals surface area contributed by atoms with Crippen molar-refractivity contribution in [2.75, 3.05) is 0 Å². The topological polar surface area (TPSA) is 52.4 Å². The van der Waals surface area contributed by atoms with Crippen LogP contribution in [0, 0.1) is 22.0 Å². The van der Waals surface area contributed by atoms with Gasteiger partial charge in [-0.05, 0) is 31.2 Å². The third-order valence-electron chi connectivity index (χ3n) is 6.63. The lowest BCUT2D eigenvalue weighted by atomic mass is 9.73. The molecule has 0 aromatic heterocycles. The molecule has 3 aliphatic carbocycles. The molecule has 1 aliphatic heterocycles. The minimum Gasteiger partial charge on any atom is -0.359 e. The van der Waals surface area contributed by atoms with E-state index in [0.29, 0.717) is 5.92 Å². The Hall–Kier alpha value is -1.07. The smallest absolute Gasteiger partial charge is 0.239 e.